The lowest BCUT2D eigenvalue weighted by atomic mass is 9.80. The first kappa shape index (κ1) is 22.3. The van der Waals surface area contributed by atoms with Crippen LogP contribution in [-0.2, 0) is 20.8 Å². The Balaban J connectivity index is 1.81. The van der Waals surface area contributed by atoms with Gasteiger partial charge >= 0.3 is 0 Å². The van der Waals surface area contributed by atoms with Crippen molar-refractivity contribution in [1.29, 1.82) is 0 Å². The van der Waals surface area contributed by atoms with Crippen molar-refractivity contribution in [3.05, 3.63) is 82.6 Å². The number of amides is 1. The predicted molar refractivity (Wildman–Crippen MR) is 117 cm³/mol. The molecule has 2 aromatic rings. The highest BCUT2D eigenvalue weighted by Crippen LogP contribution is 2.39. The molecule has 2 N–H and O–H groups in total. The molecule has 1 aliphatic rings. The Hall–Kier alpha value is -2.34. The second kappa shape index (κ2) is 11.2. The van der Waals surface area contributed by atoms with Gasteiger partial charge in [-0.3, -0.25) is 4.79 Å². The highest BCUT2D eigenvalue weighted by molar-refractivity contribution is 6.30. The summed E-state index contributed by atoms with van der Waals surface area (Å²) in [5, 5.41) is 12.9. The lowest BCUT2D eigenvalue weighted by Crippen LogP contribution is -2.38. The Kier molecular flexibility index (Phi) is 8.31. The number of benzene rings is 2. The largest absolute Gasteiger partial charge is 0.459 e. The van der Waals surface area contributed by atoms with Crippen molar-refractivity contribution in [2.45, 2.75) is 38.5 Å². The smallest absolute Gasteiger partial charge is 0.286 e. The van der Waals surface area contributed by atoms with Gasteiger partial charge in [0.15, 0.2) is 5.76 Å². The van der Waals surface area contributed by atoms with Gasteiger partial charge in [-0.1, -0.05) is 54.1 Å². The van der Waals surface area contributed by atoms with Crippen LogP contribution in [0.4, 0.5) is 0 Å². The minimum absolute atomic E-state index is 0.00677. The molecule has 0 aliphatic carbocycles. The number of carbonyl (C=O) groups excluding carboxylic acids is 1. The highest BCUT2D eigenvalue weighted by Gasteiger charge is 2.37. The van der Waals surface area contributed by atoms with Crippen LogP contribution in [0.2, 0.25) is 5.02 Å². The van der Waals surface area contributed by atoms with Gasteiger partial charge in [-0.15, -0.1) is 0 Å². The SMILES string of the molecule is CCO[C@H]1OC(C(=O)NCc2ccc(Cl)cc2)=C[C@@H](c2ccccc2)[C@H]1CCCO. The van der Waals surface area contributed by atoms with Crippen LogP contribution in [-0.4, -0.2) is 30.5 Å². The van der Waals surface area contributed by atoms with Gasteiger partial charge in [0.25, 0.3) is 5.91 Å². The maximum absolute atomic E-state index is 12.9. The first-order chi connectivity index (χ1) is 14.6. The number of hydrogen-bond acceptors (Lipinski definition) is 4. The number of rotatable bonds is 9. The molecule has 0 unspecified atom stereocenters. The van der Waals surface area contributed by atoms with Gasteiger partial charge in [-0.05, 0) is 49.1 Å². The fraction of sp³-hybridized carbons (Fsp3) is 0.375. The van der Waals surface area contributed by atoms with Crippen molar-refractivity contribution in [2.24, 2.45) is 5.92 Å². The standard InChI is InChI=1S/C24H28ClNO4/c1-2-29-24-20(9-6-14-27)21(18-7-4-3-5-8-18)15-22(30-24)23(28)26-16-17-10-12-19(25)13-11-17/h3-5,7-8,10-13,15,20-21,24,27H,2,6,9,14,16H2,1H3,(H,26,28)/t20-,21+,24+/m1/s1. The fourth-order valence-corrected chi connectivity index (χ4v) is 3.82. The molecule has 1 aliphatic heterocycles. The van der Waals surface area contributed by atoms with E-state index in [1.54, 1.807) is 12.1 Å². The van der Waals surface area contributed by atoms with Crippen molar-refractivity contribution in [2.75, 3.05) is 13.2 Å². The Morgan fingerprint density at radius 2 is 1.90 bits per heavy atom. The molecule has 0 spiro atoms. The topological polar surface area (TPSA) is 67.8 Å². The molecular formula is C24H28ClNO4. The lowest BCUT2D eigenvalue weighted by molar-refractivity contribution is -0.166. The van der Waals surface area contributed by atoms with E-state index in [9.17, 15) is 9.90 Å². The van der Waals surface area contributed by atoms with Crippen molar-refractivity contribution in [3.8, 4) is 0 Å². The summed E-state index contributed by atoms with van der Waals surface area (Å²) in [4.78, 5) is 12.9. The average Bonchev–Trinajstić information content (AvgIpc) is 2.78. The summed E-state index contributed by atoms with van der Waals surface area (Å²) in [6.07, 6.45) is 2.71. The minimum Gasteiger partial charge on any atom is -0.459 e. The summed E-state index contributed by atoms with van der Waals surface area (Å²) in [6, 6.07) is 17.4. The van der Waals surface area contributed by atoms with Crippen molar-refractivity contribution < 1.29 is 19.4 Å². The third-order valence-electron chi connectivity index (χ3n) is 5.19. The van der Waals surface area contributed by atoms with E-state index < -0.39 is 6.29 Å². The molecule has 0 aromatic heterocycles. The Bertz CT molecular complexity index is 838. The predicted octanol–water partition coefficient (Wildman–Crippen LogP) is 4.41. The van der Waals surface area contributed by atoms with E-state index in [0.717, 1.165) is 17.5 Å². The van der Waals surface area contributed by atoms with Gasteiger partial charge in [0.05, 0.1) is 0 Å². The van der Waals surface area contributed by atoms with E-state index in [4.69, 9.17) is 21.1 Å². The Morgan fingerprint density at radius 1 is 1.17 bits per heavy atom. The zero-order valence-corrected chi connectivity index (χ0v) is 17.8. The number of carbonyl (C=O) groups is 1. The summed E-state index contributed by atoms with van der Waals surface area (Å²) < 4.78 is 11.8. The monoisotopic (exact) mass is 429 g/mol. The molecule has 0 saturated carbocycles. The zero-order valence-electron chi connectivity index (χ0n) is 17.1. The van der Waals surface area contributed by atoms with Crippen LogP contribution in [0.5, 0.6) is 0 Å². The van der Waals surface area contributed by atoms with E-state index in [-0.39, 0.29) is 30.1 Å². The van der Waals surface area contributed by atoms with Gasteiger partial charge in [0.1, 0.15) is 0 Å². The van der Waals surface area contributed by atoms with Gasteiger partial charge in [-0.25, -0.2) is 0 Å². The first-order valence-electron chi connectivity index (χ1n) is 10.3. The molecule has 0 fully saturated rings. The van der Waals surface area contributed by atoms with Crippen molar-refractivity contribution in [3.63, 3.8) is 0 Å². The van der Waals surface area contributed by atoms with Crippen LogP contribution in [0.25, 0.3) is 0 Å². The second-order valence-corrected chi connectivity index (χ2v) is 7.68. The molecular weight excluding hydrogens is 402 g/mol. The van der Waals surface area contributed by atoms with Crippen LogP contribution < -0.4 is 5.32 Å². The number of allylic oxidation sites excluding steroid dienone is 1. The molecule has 2 aromatic carbocycles. The summed E-state index contributed by atoms with van der Waals surface area (Å²) in [5.41, 5.74) is 2.04. The van der Waals surface area contributed by atoms with Gasteiger partial charge < -0.3 is 19.9 Å². The van der Waals surface area contributed by atoms with Crippen LogP contribution in [0, 0.1) is 5.92 Å². The van der Waals surface area contributed by atoms with Crippen LogP contribution >= 0.6 is 11.6 Å². The summed E-state index contributed by atoms with van der Waals surface area (Å²) in [7, 11) is 0. The Morgan fingerprint density at radius 3 is 2.57 bits per heavy atom. The molecule has 1 heterocycles. The normalized spacial score (nSPS) is 20.9. The maximum Gasteiger partial charge on any atom is 0.286 e. The average molecular weight is 430 g/mol. The summed E-state index contributed by atoms with van der Waals surface area (Å²) in [5.74, 6) is -0.0562. The van der Waals surface area contributed by atoms with Crippen LogP contribution in [0.1, 0.15) is 36.8 Å². The van der Waals surface area contributed by atoms with Crippen LogP contribution in [0.15, 0.2) is 66.4 Å². The number of hydrogen-bond donors (Lipinski definition) is 2. The van der Waals surface area contributed by atoms with Gasteiger partial charge in [0, 0.05) is 36.6 Å². The maximum atomic E-state index is 12.9. The molecule has 3 atom stereocenters. The molecule has 1 amide bonds. The highest BCUT2D eigenvalue weighted by atomic mass is 35.5. The van der Waals surface area contributed by atoms with Gasteiger partial charge in [-0.2, -0.15) is 0 Å². The number of aliphatic hydroxyl groups excluding tert-OH is 1. The van der Waals surface area contributed by atoms with Crippen molar-refractivity contribution in [1.82, 2.24) is 5.32 Å². The van der Waals surface area contributed by atoms with E-state index in [2.05, 4.69) is 5.32 Å². The van der Waals surface area contributed by atoms with E-state index >= 15 is 0 Å². The summed E-state index contributed by atoms with van der Waals surface area (Å²) in [6.45, 7) is 2.86. The molecule has 6 heteroatoms. The lowest BCUT2D eigenvalue weighted by Gasteiger charge is -2.37. The van der Waals surface area contributed by atoms with E-state index in [1.165, 1.54) is 0 Å². The van der Waals surface area contributed by atoms with Crippen LogP contribution in [0.3, 0.4) is 0 Å². The zero-order chi connectivity index (χ0) is 21.3. The molecule has 5 nitrogen and oxygen atoms in total. The van der Waals surface area contributed by atoms with E-state index in [0.29, 0.717) is 24.6 Å². The third-order valence-corrected chi connectivity index (χ3v) is 5.44. The molecule has 160 valence electrons. The molecule has 0 radical (unpaired) electrons. The quantitative estimate of drug-likeness (QED) is 0.619. The number of aliphatic hydroxyl groups is 1. The molecule has 30 heavy (non-hydrogen) atoms. The van der Waals surface area contributed by atoms with Gasteiger partial charge in [0.2, 0.25) is 6.29 Å². The number of nitrogens with one attached hydrogen (secondary N) is 1. The molecule has 0 bridgehead atoms. The molecule has 0 saturated heterocycles. The number of ether oxygens (including phenoxy) is 2. The number of halogens is 1. The Labute approximate surface area is 182 Å². The fourth-order valence-electron chi connectivity index (χ4n) is 3.69. The first-order valence-corrected chi connectivity index (χ1v) is 10.7. The second-order valence-electron chi connectivity index (χ2n) is 7.25. The third kappa shape index (κ3) is 5.85. The van der Waals surface area contributed by atoms with E-state index in [1.807, 2.05) is 55.5 Å². The molecule has 3 rings (SSSR count). The summed E-state index contributed by atoms with van der Waals surface area (Å²) >= 11 is 5.92. The van der Waals surface area contributed by atoms with Crippen molar-refractivity contribution >= 4 is 17.5 Å². The minimum atomic E-state index is -0.548.